The van der Waals surface area contributed by atoms with Crippen molar-refractivity contribution in [2.24, 2.45) is 5.92 Å². The van der Waals surface area contributed by atoms with Gasteiger partial charge < -0.3 is 15.1 Å². The van der Waals surface area contributed by atoms with Crippen LogP contribution in [0, 0.1) is 12.8 Å². The molecule has 0 unspecified atom stereocenters. The van der Waals surface area contributed by atoms with Crippen LogP contribution in [0.3, 0.4) is 0 Å². The van der Waals surface area contributed by atoms with Crippen LogP contribution >= 0.6 is 0 Å². The minimum absolute atomic E-state index is 0.0250. The van der Waals surface area contributed by atoms with Crippen molar-refractivity contribution in [1.82, 2.24) is 19.7 Å². The van der Waals surface area contributed by atoms with Gasteiger partial charge in [-0.15, -0.1) is 0 Å². The lowest BCUT2D eigenvalue weighted by atomic mass is 9.68. The molecule has 1 N–H and O–H groups in total. The largest absolute Gasteiger partial charge is 0.323 e. The predicted octanol–water partition coefficient (Wildman–Crippen LogP) is 4.64. The van der Waals surface area contributed by atoms with Gasteiger partial charge in [0.25, 0.3) is 0 Å². The van der Waals surface area contributed by atoms with E-state index in [-0.39, 0.29) is 29.6 Å². The van der Waals surface area contributed by atoms with E-state index in [9.17, 15) is 9.59 Å². The number of carbonyl (C=O) groups excluding carboxylic acids is 2. The molecule has 0 bridgehead atoms. The number of urea groups is 1. The maximum Gasteiger partial charge on any atom is 0.321 e. The van der Waals surface area contributed by atoms with Gasteiger partial charge in [-0.1, -0.05) is 36.8 Å². The van der Waals surface area contributed by atoms with Crippen LogP contribution in [0.1, 0.15) is 56.1 Å². The highest BCUT2D eigenvalue weighted by molar-refractivity contribution is 5.95. The monoisotopic (exact) mass is 489 g/mol. The van der Waals surface area contributed by atoms with E-state index in [1.54, 1.807) is 17.3 Å². The Hall–Kier alpha value is -2.93. The SMILES string of the molecule is Cc1ccncc1NC(=O)CN1C[C@]2(CC[C@@](c3ccccc3)(N(C)C)CC2)N(CC2CCC2)C1=O. The summed E-state index contributed by atoms with van der Waals surface area (Å²) in [6.45, 7) is 3.46. The minimum atomic E-state index is -0.203. The average Bonchev–Trinajstić information content (AvgIpc) is 3.08. The molecule has 2 saturated carbocycles. The third-order valence-corrected chi connectivity index (χ3v) is 9.05. The number of hydrogen-bond donors (Lipinski definition) is 1. The molecule has 36 heavy (non-hydrogen) atoms. The zero-order valence-corrected chi connectivity index (χ0v) is 21.9. The summed E-state index contributed by atoms with van der Waals surface area (Å²) in [6, 6.07) is 12.7. The van der Waals surface area contributed by atoms with Gasteiger partial charge in [0.2, 0.25) is 5.91 Å². The molecule has 1 spiro atoms. The van der Waals surface area contributed by atoms with Crippen molar-refractivity contribution in [3.8, 4) is 0 Å². The molecular weight excluding hydrogens is 450 g/mol. The summed E-state index contributed by atoms with van der Waals surface area (Å²) < 4.78 is 0. The summed E-state index contributed by atoms with van der Waals surface area (Å²) in [5.74, 6) is 0.426. The molecule has 0 radical (unpaired) electrons. The Morgan fingerprint density at radius 2 is 1.83 bits per heavy atom. The Balaban J connectivity index is 1.35. The summed E-state index contributed by atoms with van der Waals surface area (Å²) in [5, 5.41) is 2.96. The fraction of sp³-hybridized carbons (Fsp3) is 0.552. The lowest BCUT2D eigenvalue weighted by molar-refractivity contribution is -0.116. The zero-order valence-electron chi connectivity index (χ0n) is 21.9. The van der Waals surface area contributed by atoms with E-state index in [1.165, 1.54) is 24.8 Å². The van der Waals surface area contributed by atoms with Crippen LogP contribution in [-0.4, -0.2) is 70.9 Å². The Kier molecular flexibility index (Phi) is 6.77. The molecule has 1 aliphatic heterocycles. The van der Waals surface area contributed by atoms with Crippen molar-refractivity contribution in [2.45, 2.75) is 62.9 Å². The van der Waals surface area contributed by atoms with Crippen molar-refractivity contribution >= 4 is 17.6 Å². The second-order valence-corrected chi connectivity index (χ2v) is 11.3. The number of benzene rings is 1. The molecule has 5 rings (SSSR count). The first-order valence-electron chi connectivity index (χ1n) is 13.3. The first-order valence-corrected chi connectivity index (χ1v) is 13.3. The number of pyridine rings is 1. The van der Waals surface area contributed by atoms with Gasteiger partial charge in [-0.25, -0.2) is 4.79 Å². The highest BCUT2D eigenvalue weighted by Crippen LogP contribution is 2.49. The van der Waals surface area contributed by atoms with Crippen molar-refractivity contribution in [1.29, 1.82) is 0 Å². The lowest BCUT2D eigenvalue weighted by Gasteiger charge is -2.51. The highest BCUT2D eigenvalue weighted by Gasteiger charge is 2.55. The van der Waals surface area contributed by atoms with Gasteiger partial charge in [0.05, 0.1) is 17.4 Å². The van der Waals surface area contributed by atoms with Crippen LogP contribution in [0.2, 0.25) is 0 Å². The van der Waals surface area contributed by atoms with Crippen LogP contribution in [0.4, 0.5) is 10.5 Å². The van der Waals surface area contributed by atoms with Crippen LogP contribution in [-0.2, 0) is 10.3 Å². The van der Waals surface area contributed by atoms with Gasteiger partial charge in [0.15, 0.2) is 0 Å². The predicted molar refractivity (Wildman–Crippen MR) is 142 cm³/mol. The van der Waals surface area contributed by atoms with Crippen LogP contribution < -0.4 is 5.32 Å². The van der Waals surface area contributed by atoms with Crippen molar-refractivity contribution in [3.05, 3.63) is 59.9 Å². The molecule has 1 saturated heterocycles. The summed E-state index contributed by atoms with van der Waals surface area (Å²) >= 11 is 0. The molecule has 2 heterocycles. The second-order valence-electron chi connectivity index (χ2n) is 11.3. The first-order chi connectivity index (χ1) is 17.3. The number of rotatable bonds is 7. The molecule has 3 amide bonds. The summed E-state index contributed by atoms with van der Waals surface area (Å²) in [4.78, 5) is 37.1. The van der Waals surface area contributed by atoms with Gasteiger partial charge in [-0.3, -0.25) is 14.7 Å². The molecule has 7 heteroatoms. The number of hydrogen-bond acceptors (Lipinski definition) is 4. The van der Waals surface area contributed by atoms with Crippen LogP contribution in [0.5, 0.6) is 0 Å². The summed E-state index contributed by atoms with van der Waals surface area (Å²) in [5.41, 5.74) is 2.78. The molecule has 192 valence electrons. The van der Waals surface area contributed by atoms with Gasteiger partial charge >= 0.3 is 6.03 Å². The Labute approximate surface area is 214 Å². The van der Waals surface area contributed by atoms with Crippen molar-refractivity contribution < 1.29 is 9.59 Å². The average molecular weight is 490 g/mol. The maximum absolute atomic E-state index is 13.7. The quantitative estimate of drug-likeness (QED) is 0.615. The number of aryl methyl sites for hydroxylation is 1. The number of aromatic nitrogens is 1. The van der Waals surface area contributed by atoms with E-state index in [1.807, 2.05) is 13.0 Å². The molecule has 2 aromatic rings. The van der Waals surface area contributed by atoms with Crippen molar-refractivity contribution in [2.75, 3.05) is 39.0 Å². The van der Waals surface area contributed by atoms with E-state index in [0.29, 0.717) is 18.2 Å². The lowest BCUT2D eigenvalue weighted by Crippen LogP contribution is -2.56. The standard InChI is InChI=1S/C29H39N5O2/c1-22-12-17-30-18-25(22)31-26(35)20-33-21-28(34(27(33)36)19-23-8-7-9-23)13-15-29(16-14-28,32(2)3)24-10-5-4-6-11-24/h4-6,10-12,17-18,23H,7-9,13-16,19-21H2,1-3H3,(H,31,35)/t28-,29-. The summed E-state index contributed by atoms with van der Waals surface area (Å²) in [6.07, 6.45) is 10.9. The maximum atomic E-state index is 13.7. The molecule has 1 aromatic heterocycles. The molecular formula is C29H39N5O2. The van der Waals surface area contributed by atoms with E-state index >= 15 is 0 Å². The molecule has 0 atom stereocenters. The smallest absolute Gasteiger partial charge is 0.321 e. The van der Waals surface area contributed by atoms with Gasteiger partial charge in [-0.05, 0) is 82.7 Å². The third-order valence-electron chi connectivity index (χ3n) is 9.05. The number of carbonyl (C=O) groups is 2. The summed E-state index contributed by atoms with van der Waals surface area (Å²) in [7, 11) is 4.35. The number of nitrogens with zero attached hydrogens (tertiary/aromatic N) is 4. The molecule has 1 aromatic carbocycles. The highest BCUT2D eigenvalue weighted by atomic mass is 16.2. The molecule has 2 aliphatic carbocycles. The van der Waals surface area contributed by atoms with Crippen LogP contribution in [0.25, 0.3) is 0 Å². The number of amides is 3. The van der Waals surface area contributed by atoms with Gasteiger partial charge in [0.1, 0.15) is 6.54 Å². The van der Waals surface area contributed by atoms with E-state index in [0.717, 1.165) is 37.8 Å². The fourth-order valence-electron chi connectivity index (χ4n) is 6.47. The zero-order chi connectivity index (χ0) is 25.3. The van der Waals surface area contributed by atoms with E-state index < -0.39 is 0 Å². The molecule has 3 fully saturated rings. The molecule has 3 aliphatic rings. The van der Waals surface area contributed by atoms with E-state index in [4.69, 9.17) is 0 Å². The minimum Gasteiger partial charge on any atom is -0.323 e. The number of nitrogens with one attached hydrogen (secondary N) is 1. The van der Waals surface area contributed by atoms with E-state index in [2.05, 4.69) is 64.5 Å². The Bertz CT molecular complexity index is 1090. The fourth-order valence-corrected chi connectivity index (χ4v) is 6.47. The normalized spacial score (nSPS) is 26.5. The first kappa shape index (κ1) is 24.8. The van der Waals surface area contributed by atoms with Crippen molar-refractivity contribution in [3.63, 3.8) is 0 Å². The van der Waals surface area contributed by atoms with Gasteiger partial charge in [0, 0.05) is 24.8 Å². The van der Waals surface area contributed by atoms with Gasteiger partial charge in [-0.2, -0.15) is 0 Å². The third kappa shape index (κ3) is 4.49. The number of anilines is 1. The Morgan fingerprint density at radius 1 is 1.11 bits per heavy atom. The topological polar surface area (TPSA) is 68.8 Å². The van der Waals surface area contributed by atoms with Crippen LogP contribution in [0.15, 0.2) is 48.8 Å². The second kappa shape index (κ2) is 9.85. The molecule has 7 nitrogen and oxygen atoms in total. The Morgan fingerprint density at radius 3 is 2.44 bits per heavy atom.